The van der Waals surface area contributed by atoms with Crippen molar-refractivity contribution in [1.82, 2.24) is 14.9 Å². The SMILES string of the molecule is O=C(Cc1cccnc1)N1CCC[C@H](c2cccc(-c3ccc(F)cc3)n2)C1. The zero-order valence-electron chi connectivity index (χ0n) is 15.6. The zero-order valence-corrected chi connectivity index (χ0v) is 15.6. The van der Waals surface area contributed by atoms with E-state index in [0.29, 0.717) is 13.0 Å². The zero-order chi connectivity index (χ0) is 19.3. The summed E-state index contributed by atoms with van der Waals surface area (Å²) >= 11 is 0. The van der Waals surface area contributed by atoms with Crippen molar-refractivity contribution in [2.45, 2.75) is 25.2 Å². The molecule has 0 aliphatic carbocycles. The van der Waals surface area contributed by atoms with E-state index in [9.17, 15) is 9.18 Å². The molecule has 3 aromatic rings. The monoisotopic (exact) mass is 375 g/mol. The van der Waals surface area contributed by atoms with Crippen molar-refractivity contribution in [1.29, 1.82) is 0 Å². The minimum atomic E-state index is -0.255. The van der Waals surface area contributed by atoms with Crippen LogP contribution in [0.15, 0.2) is 67.0 Å². The molecule has 1 aliphatic heterocycles. The molecule has 1 fully saturated rings. The van der Waals surface area contributed by atoms with Gasteiger partial charge in [-0.2, -0.15) is 0 Å². The first-order valence-corrected chi connectivity index (χ1v) is 9.58. The number of pyridine rings is 2. The maximum Gasteiger partial charge on any atom is 0.227 e. The van der Waals surface area contributed by atoms with Gasteiger partial charge < -0.3 is 4.90 Å². The number of likely N-dealkylation sites (tertiary alicyclic amines) is 1. The highest BCUT2D eigenvalue weighted by molar-refractivity contribution is 5.78. The lowest BCUT2D eigenvalue weighted by Crippen LogP contribution is -2.40. The van der Waals surface area contributed by atoms with Crippen molar-refractivity contribution in [3.05, 3.63) is 84.1 Å². The predicted octanol–water partition coefficient (Wildman–Crippen LogP) is 4.23. The molecule has 4 rings (SSSR count). The molecule has 0 unspecified atom stereocenters. The minimum Gasteiger partial charge on any atom is -0.342 e. The normalized spacial score (nSPS) is 16.8. The number of benzene rings is 1. The molecule has 1 aromatic carbocycles. The number of halogens is 1. The first-order valence-electron chi connectivity index (χ1n) is 9.58. The molecule has 0 saturated carbocycles. The Kier molecular flexibility index (Phi) is 5.42. The summed E-state index contributed by atoms with van der Waals surface area (Å²) in [6.07, 6.45) is 5.81. The van der Waals surface area contributed by atoms with Crippen molar-refractivity contribution in [2.75, 3.05) is 13.1 Å². The molecule has 1 saturated heterocycles. The topological polar surface area (TPSA) is 46.1 Å². The number of rotatable bonds is 4. The summed E-state index contributed by atoms with van der Waals surface area (Å²) in [5.74, 6) is 0.0920. The van der Waals surface area contributed by atoms with Crippen LogP contribution >= 0.6 is 0 Å². The molecule has 142 valence electrons. The van der Waals surface area contributed by atoms with Gasteiger partial charge in [-0.1, -0.05) is 12.1 Å². The summed E-state index contributed by atoms with van der Waals surface area (Å²) in [6, 6.07) is 16.1. The molecule has 2 aromatic heterocycles. The molecule has 0 radical (unpaired) electrons. The Balaban J connectivity index is 1.48. The Labute approximate surface area is 164 Å². The molecule has 0 bridgehead atoms. The molecule has 5 heteroatoms. The maximum atomic E-state index is 13.2. The van der Waals surface area contributed by atoms with Crippen molar-refractivity contribution in [2.24, 2.45) is 0 Å². The number of nitrogens with zero attached hydrogens (tertiary/aromatic N) is 3. The Hall–Kier alpha value is -3.08. The highest BCUT2D eigenvalue weighted by Crippen LogP contribution is 2.28. The predicted molar refractivity (Wildman–Crippen MR) is 106 cm³/mol. The Morgan fingerprint density at radius 2 is 1.96 bits per heavy atom. The molecular formula is C23H22FN3O. The van der Waals surface area contributed by atoms with E-state index >= 15 is 0 Å². The number of amides is 1. The third-order valence-electron chi connectivity index (χ3n) is 5.18. The van der Waals surface area contributed by atoms with Gasteiger partial charge in [0.15, 0.2) is 0 Å². The van der Waals surface area contributed by atoms with Crippen LogP contribution in [0.25, 0.3) is 11.3 Å². The molecule has 4 nitrogen and oxygen atoms in total. The van der Waals surface area contributed by atoms with Crippen LogP contribution in [0.5, 0.6) is 0 Å². The summed E-state index contributed by atoms with van der Waals surface area (Å²) in [5.41, 5.74) is 3.65. The van der Waals surface area contributed by atoms with Crippen LogP contribution in [0.3, 0.4) is 0 Å². The van der Waals surface area contributed by atoms with Gasteiger partial charge in [0.1, 0.15) is 5.82 Å². The number of carbonyl (C=O) groups excluding carboxylic acids is 1. The van der Waals surface area contributed by atoms with Gasteiger partial charge in [-0.15, -0.1) is 0 Å². The third-order valence-corrected chi connectivity index (χ3v) is 5.18. The van der Waals surface area contributed by atoms with Crippen LogP contribution in [-0.2, 0) is 11.2 Å². The molecule has 1 amide bonds. The van der Waals surface area contributed by atoms with Gasteiger partial charge in [0.2, 0.25) is 5.91 Å². The van der Waals surface area contributed by atoms with Crippen LogP contribution in [0.4, 0.5) is 4.39 Å². The van der Waals surface area contributed by atoms with Gasteiger partial charge in [0.25, 0.3) is 0 Å². The second-order valence-electron chi connectivity index (χ2n) is 7.17. The van der Waals surface area contributed by atoms with Crippen LogP contribution in [0.2, 0.25) is 0 Å². The number of carbonyl (C=O) groups is 1. The van der Waals surface area contributed by atoms with Crippen LogP contribution < -0.4 is 0 Å². The smallest absolute Gasteiger partial charge is 0.227 e. The van der Waals surface area contributed by atoms with E-state index in [1.807, 2.05) is 35.2 Å². The van der Waals surface area contributed by atoms with Crippen molar-refractivity contribution < 1.29 is 9.18 Å². The molecule has 1 atom stereocenters. The standard InChI is InChI=1S/C23H22FN3O/c24-20-10-8-18(9-11-20)21-6-1-7-22(26-21)19-5-3-13-27(16-19)23(28)14-17-4-2-12-25-15-17/h1-2,4,6-12,15,19H,3,5,13-14,16H2/t19-/m0/s1. The van der Waals surface area contributed by atoms with Crippen LogP contribution in [0.1, 0.15) is 30.0 Å². The average Bonchev–Trinajstić information content (AvgIpc) is 2.75. The van der Waals surface area contributed by atoms with Gasteiger partial charge in [0.05, 0.1) is 12.1 Å². The van der Waals surface area contributed by atoms with E-state index in [4.69, 9.17) is 4.98 Å². The van der Waals surface area contributed by atoms with Gasteiger partial charge in [-0.05, 0) is 60.9 Å². The van der Waals surface area contributed by atoms with E-state index in [2.05, 4.69) is 4.98 Å². The fraction of sp³-hybridized carbons (Fsp3) is 0.261. The Morgan fingerprint density at radius 1 is 1.11 bits per heavy atom. The van der Waals surface area contributed by atoms with Gasteiger partial charge >= 0.3 is 0 Å². The van der Waals surface area contributed by atoms with Crippen molar-refractivity contribution in [3.63, 3.8) is 0 Å². The molecule has 0 N–H and O–H groups in total. The lowest BCUT2D eigenvalue weighted by molar-refractivity contribution is -0.131. The number of hydrogen-bond acceptors (Lipinski definition) is 3. The fourth-order valence-corrected chi connectivity index (χ4v) is 3.69. The van der Waals surface area contributed by atoms with E-state index < -0.39 is 0 Å². The van der Waals surface area contributed by atoms with Crippen LogP contribution in [0, 0.1) is 5.82 Å². The van der Waals surface area contributed by atoms with Crippen LogP contribution in [-0.4, -0.2) is 33.9 Å². The van der Waals surface area contributed by atoms with Crippen molar-refractivity contribution in [3.8, 4) is 11.3 Å². The molecule has 0 spiro atoms. The van der Waals surface area contributed by atoms with E-state index in [1.165, 1.54) is 12.1 Å². The highest BCUT2D eigenvalue weighted by atomic mass is 19.1. The van der Waals surface area contributed by atoms with E-state index in [0.717, 1.165) is 41.9 Å². The fourth-order valence-electron chi connectivity index (χ4n) is 3.69. The maximum absolute atomic E-state index is 13.2. The third kappa shape index (κ3) is 4.25. The Morgan fingerprint density at radius 3 is 2.75 bits per heavy atom. The molecule has 28 heavy (non-hydrogen) atoms. The summed E-state index contributed by atoms with van der Waals surface area (Å²) < 4.78 is 13.2. The van der Waals surface area contributed by atoms with Gasteiger partial charge in [-0.3, -0.25) is 14.8 Å². The average molecular weight is 375 g/mol. The molecule has 3 heterocycles. The second kappa shape index (κ2) is 8.30. The van der Waals surface area contributed by atoms with E-state index in [1.54, 1.807) is 24.5 Å². The lowest BCUT2D eigenvalue weighted by atomic mass is 9.93. The van der Waals surface area contributed by atoms with E-state index in [-0.39, 0.29) is 17.6 Å². The molecular weight excluding hydrogens is 353 g/mol. The number of hydrogen-bond donors (Lipinski definition) is 0. The number of aromatic nitrogens is 2. The Bertz CT molecular complexity index is 944. The lowest BCUT2D eigenvalue weighted by Gasteiger charge is -2.32. The van der Waals surface area contributed by atoms with Gasteiger partial charge in [0, 0.05) is 42.7 Å². The summed E-state index contributed by atoms with van der Waals surface area (Å²) in [6.45, 7) is 1.46. The summed E-state index contributed by atoms with van der Waals surface area (Å²) in [5, 5.41) is 0. The largest absolute Gasteiger partial charge is 0.342 e. The summed E-state index contributed by atoms with van der Waals surface area (Å²) in [7, 11) is 0. The first kappa shape index (κ1) is 18.3. The number of piperidine rings is 1. The minimum absolute atomic E-state index is 0.132. The summed E-state index contributed by atoms with van der Waals surface area (Å²) in [4.78, 5) is 23.5. The highest BCUT2D eigenvalue weighted by Gasteiger charge is 2.25. The second-order valence-corrected chi connectivity index (χ2v) is 7.17. The quantitative estimate of drug-likeness (QED) is 0.685. The van der Waals surface area contributed by atoms with Gasteiger partial charge in [-0.25, -0.2) is 4.39 Å². The first-order chi connectivity index (χ1) is 13.7. The van der Waals surface area contributed by atoms with Crippen molar-refractivity contribution >= 4 is 5.91 Å². The molecule has 1 aliphatic rings.